The molecule has 9 heteroatoms. The predicted molar refractivity (Wildman–Crippen MR) is 126 cm³/mol. The number of anilines is 1. The molecule has 1 fully saturated rings. The Bertz CT molecular complexity index is 1250. The molecular formula is C26H26N2O7. The van der Waals surface area contributed by atoms with E-state index in [9.17, 15) is 19.5 Å². The minimum absolute atomic E-state index is 0.105. The van der Waals surface area contributed by atoms with Gasteiger partial charge in [0.1, 0.15) is 19.0 Å². The standard InChI is InChI=1S/C26H26N2O7/c1-3-27-18-8-5-4-7-17(18)26(25(27)32)21(23(30)24(31)28(26)11-6-12-33-2)22(29)16-9-10-19-20(15-16)35-14-13-34-19/h4-5,7-10,15,29H,3,6,11-14H2,1-2H3/b22-21-. The molecule has 1 spiro atoms. The molecule has 9 nitrogen and oxygen atoms in total. The fourth-order valence-corrected chi connectivity index (χ4v) is 5.18. The zero-order valence-corrected chi connectivity index (χ0v) is 19.6. The molecule has 2 aromatic rings. The number of likely N-dealkylation sites (tertiary alicyclic amines) is 1. The Balaban J connectivity index is 1.76. The van der Waals surface area contributed by atoms with E-state index in [1.165, 1.54) is 4.90 Å². The first-order chi connectivity index (χ1) is 17.0. The number of hydrogen-bond acceptors (Lipinski definition) is 7. The number of Topliss-reactive ketones (excluding diaryl/α,β-unsaturated/α-hetero) is 1. The van der Waals surface area contributed by atoms with Gasteiger partial charge in [-0.1, -0.05) is 18.2 Å². The van der Waals surface area contributed by atoms with E-state index in [0.717, 1.165) is 0 Å². The van der Waals surface area contributed by atoms with E-state index in [-0.39, 0.29) is 17.7 Å². The zero-order chi connectivity index (χ0) is 24.7. The first-order valence-corrected chi connectivity index (χ1v) is 11.6. The van der Waals surface area contributed by atoms with Crippen LogP contribution in [0.2, 0.25) is 0 Å². The summed E-state index contributed by atoms with van der Waals surface area (Å²) in [5, 5.41) is 11.5. The van der Waals surface area contributed by atoms with Gasteiger partial charge in [0.2, 0.25) is 0 Å². The van der Waals surface area contributed by atoms with Gasteiger partial charge in [-0.25, -0.2) is 0 Å². The molecule has 1 N–H and O–H groups in total. The van der Waals surface area contributed by atoms with Gasteiger partial charge in [0.25, 0.3) is 17.6 Å². The number of carbonyl (C=O) groups excluding carboxylic acids is 3. The van der Waals surface area contributed by atoms with Crippen LogP contribution in [0, 0.1) is 0 Å². The summed E-state index contributed by atoms with van der Waals surface area (Å²) in [6, 6.07) is 11.8. The summed E-state index contributed by atoms with van der Waals surface area (Å²) in [4.78, 5) is 43.8. The lowest BCUT2D eigenvalue weighted by Gasteiger charge is -2.34. The van der Waals surface area contributed by atoms with Gasteiger partial charge in [-0.2, -0.15) is 0 Å². The van der Waals surface area contributed by atoms with E-state index >= 15 is 0 Å². The Morgan fingerprint density at radius 3 is 2.57 bits per heavy atom. The molecule has 2 amide bonds. The molecule has 0 bridgehead atoms. The van der Waals surface area contributed by atoms with Gasteiger partial charge in [0, 0.05) is 37.9 Å². The van der Waals surface area contributed by atoms with Crippen LogP contribution >= 0.6 is 0 Å². The van der Waals surface area contributed by atoms with Crippen molar-refractivity contribution in [3.05, 3.63) is 59.2 Å². The molecule has 35 heavy (non-hydrogen) atoms. The third-order valence-corrected chi connectivity index (χ3v) is 6.67. The number of carbonyl (C=O) groups is 3. The van der Waals surface area contributed by atoms with Crippen molar-refractivity contribution < 1.29 is 33.7 Å². The number of fused-ring (bicyclic) bond motifs is 3. The Hall–Kier alpha value is -3.85. The van der Waals surface area contributed by atoms with Crippen molar-refractivity contribution in [1.82, 2.24) is 4.90 Å². The SMILES string of the molecule is CCN1C(=O)C2(/C(=C(\O)c3ccc4c(c3)OCCO4)C(=O)C(=O)N2CCCOC)c2ccccc21. The third-order valence-electron chi connectivity index (χ3n) is 6.67. The number of aliphatic hydroxyl groups is 1. The highest BCUT2D eigenvalue weighted by molar-refractivity contribution is 6.50. The summed E-state index contributed by atoms with van der Waals surface area (Å²) in [7, 11) is 1.54. The van der Waals surface area contributed by atoms with Crippen LogP contribution < -0.4 is 14.4 Å². The Morgan fingerprint density at radius 2 is 1.83 bits per heavy atom. The second-order valence-corrected chi connectivity index (χ2v) is 8.49. The molecule has 1 atom stereocenters. The topological polar surface area (TPSA) is 106 Å². The second kappa shape index (κ2) is 8.74. The molecule has 0 radical (unpaired) electrons. The average Bonchev–Trinajstić information content (AvgIpc) is 3.26. The maximum Gasteiger partial charge on any atom is 0.296 e. The van der Waals surface area contributed by atoms with Crippen molar-refractivity contribution in [2.75, 3.05) is 44.9 Å². The summed E-state index contributed by atoms with van der Waals surface area (Å²) in [6.07, 6.45) is 0.414. The minimum Gasteiger partial charge on any atom is -0.507 e. The largest absolute Gasteiger partial charge is 0.507 e. The second-order valence-electron chi connectivity index (χ2n) is 8.49. The Labute approximate surface area is 202 Å². The summed E-state index contributed by atoms with van der Waals surface area (Å²) >= 11 is 0. The fraction of sp³-hybridized carbons (Fsp3) is 0.346. The Morgan fingerprint density at radius 1 is 1.09 bits per heavy atom. The molecule has 3 aliphatic heterocycles. The van der Waals surface area contributed by atoms with E-state index in [1.807, 2.05) is 6.92 Å². The lowest BCUT2D eigenvalue weighted by Crippen LogP contribution is -2.52. The number of rotatable bonds is 6. The summed E-state index contributed by atoms with van der Waals surface area (Å²) in [5.41, 5.74) is -0.672. The van der Waals surface area contributed by atoms with Gasteiger partial charge >= 0.3 is 0 Å². The number of aliphatic hydroxyl groups excluding tert-OH is 1. The van der Waals surface area contributed by atoms with Crippen LogP contribution in [0.3, 0.4) is 0 Å². The van der Waals surface area contributed by atoms with Gasteiger partial charge in [-0.3, -0.25) is 14.4 Å². The first kappa shape index (κ1) is 22.9. The molecule has 182 valence electrons. The molecule has 1 saturated heterocycles. The van der Waals surface area contributed by atoms with Crippen LogP contribution in [0.15, 0.2) is 48.0 Å². The van der Waals surface area contributed by atoms with E-state index in [0.29, 0.717) is 55.5 Å². The molecule has 5 rings (SSSR count). The van der Waals surface area contributed by atoms with E-state index in [2.05, 4.69) is 0 Å². The van der Waals surface area contributed by atoms with Crippen LogP contribution in [0.4, 0.5) is 5.69 Å². The van der Waals surface area contributed by atoms with Crippen molar-refractivity contribution in [3.8, 4) is 11.5 Å². The smallest absolute Gasteiger partial charge is 0.296 e. The van der Waals surface area contributed by atoms with Gasteiger partial charge in [-0.15, -0.1) is 0 Å². The number of hydrogen-bond donors (Lipinski definition) is 1. The highest BCUT2D eigenvalue weighted by atomic mass is 16.6. The maximum atomic E-state index is 14.1. The van der Waals surface area contributed by atoms with E-state index in [4.69, 9.17) is 14.2 Å². The lowest BCUT2D eigenvalue weighted by atomic mass is 9.81. The molecule has 0 saturated carbocycles. The number of ether oxygens (including phenoxy) is 3. The van der Waals surface area contributed by atoms with Crippen molar-refractivity contribution in [2.24, 2.45) is 0 Å². The highest BCUT2D eigenvalue weighted by Crippen LogP contribution is 2.53. The van der Waals surface area contributed by atoms with Crippen molar-refractivity contribution in [3.63, 3.8) is 0 Å². The van der Waals surface area contributed by atoms with E-state index in [1.54, 1.807) is 54.5 Å². The third kappa shape index (κ3) is 3.22. The molecule has 1 unspecified atom stereocenters. The van der Waals surface area contributed by atoms with Crippen molar-refractivity contribution in [1.29, 1.82) is 0 Å². The van der Waals surface area contributed by atoms with Crippen LogP contribution in [-0.2, 0) is 24.7 Å². The predicted octanol–water partition coefficient (Wildman–Crippen LogP) is 2.44. The van der Waals surface area contributed by atoms with Crippen LogP contribution in [0.1, 0.15) is 24.5 Å². The van der Waals surface area contributed by atoms with Crippen LogP contribution in [0.5, 0.6) is 11.5 Å². The molecule has 0 aromatic heterocycles. The van der Waals surface area contributed by atoms with Crippen LogP contribution in [-0.4, -0.2) is 67.6 Å². The van der Waals surface area contributed by atoms with Crippen molar-refractivity contribution >= 4 is 29.0 Å². The van der Waals surface area contributed by atoms with Gasteiger partial charge in [0.05, 0.1) is 11.3 Å². The average molecular weight is 479 g/mol. The molecule has 3 aliphatic rings. The molecule has 2 aromatic carbocycles. The summed E-state index contributed by atoms with van der Waals surface area (Å²) in [6.45, 7) is 3.36. The molecular weight excluding hydrogens is 452 g/mol. The number of methoxy groups -OCH3 is 1. The number of para-hydroxylation sites is 1. The number of nitrogens with zero attached hydrogens (tertiary/aromatic N) is 2. The number of ketones is 1. The monoisotopic (exact) mass is 478 g/mol. The fourth-order valence-electron chi connectivity index (χ4n) is 5.18. The first-order valence-electron chi connectivity index (χ1n) is 11.6. The van der Waals surface area contributed by atoms with Gasteiger partial charge < -0.3 is 29.1 Å². The molecule has 3 heterocycles. The summed E-state index contributed by atoms with van der Waals surface area (Å²) in [5.74, 6) is -1.69. The molecule has 0 aliphatic carbocycles. The maximum absolute atomic E-state index is 14.1. The normalized spacial score (nSPS) is 22.3. The summed E-state index contributed by atoms with van der Waals surface area (Å²) < 4.78 is 16.3. The van der Waals surface area contributed by atoms with Crippen LogP contribution in [0.25, 0.3) is 5.76 Å². The van der Waals surface area contributed by atoms with E-state index < -0.39 is 28.9 Å². The van der Waals surface area contributed by atoms with Crippen molar-refractivity contribution in [2.45, 2.75) is 18.9 Å². The number of benzene rings is 2. The van der Waals surface area contributed by atoms with Gasteiger partial charge in [-0.05, 0) is 37.6 Å². The minimum atomic E-state index is -1.77. The number of likely N-dealkylation sites (N-methyl/N-ethyl adjacent to an activating group) is 1. The Kier molecular flexibility index (Phi) is 5.72. The highest BCUT2D eigenvalue weighted by Gasteiger charge is 2.66. The quantitative estimate of drug-likeness (QED) is 0.294. The zero-order valence-electron chi connectivity index (χ0n) is 19.6. The number of amides is 2. The lowest BCUT2D eigenvalue weighted by molar-refractivity contribution is -0.143. The van der Waals surface area contributed by atoms with Gasteiger partial charge in [0.15, 0.2) is 17.0 Å².